The van der Waals surface area contributed by atoms with Gasteiger partial charge in [0.05, 0.1) is 13.2 Å². The molecule has 1 aromatic rings. The molecule has 1 aliphatic carbocycles. The Labute approximate surface area is 210 Å². The van der Waals surface area contributed by atoms with Gasteiger partial charge in [0, 0.05) is 57.3 Å². The van der Waals surface area contributed by atoms with Gasteiger partial charge in [-0.2, -0.15) is 0 Å². The number of carbonyl (C=O) groups is 1. The summed E-state index contributed by atoms with van der Waals surface area (Å²) in [6.45, 7) is 13.6. The highest BCUT2D eigenvalue weighted by molar-refractivity contribution is 14.0. The van der Waals surface area contributed by atoms with E-state index in [2.05, 4.69) is 52.5 Å². The zero-order valence-corrected chi connectivity index (χ0v) is 22.2. The molecule has 32 heavy (non-hydrogen) atoms. The summed E-state index contributed by atoms with van der Waals surface area (Å²) in [6, 6.07) is 6.27. The third-order valence-electron chi connectivity index (χ3n) is 6.13. The van der Waals surface area contributed by atoms with E-state index in [1.54, 1.807) is 0 Å². The van der Waals surface area contributed by atoms with Crippen LogP contribution in [0.15, 0.2) is 23.2 Å². The molecule has 1 aromatic carbocycles. The van der Waals surface area contributed by atoms with Crippen molar-refractivity contribution in [3.8, 4) is 5.75 Å². The van der Waals surface area contributed by atoms with Crippen molar-refractivity contribution < 1.29 is 9.53 Å². The number of benzene rings is 1. The normalized spacial score (nSPS) is 17.3. The van der Waals surface area contributed by atoms with E-state index in [1.807, 2.05) is 6.92 Å². The van der Waals surface area contributed by atoms with Crippen molar-refractivity contribution in [3.63, 3.8) is 0 Å². The van der Waals surface area contributed by atoms with Crippen LogP contribution in [0.1, 0.15) is 44.2 Å². The van der Waals surface area contributed by atoms with E-state index in [1.165, 1.54) is 12.0 Å². The zero-order chi connectivity index (χ0) is 22.1. The van der Waals surface area contributed by atoms with E-state index in [0.29, 0.717) is 25.0 Å². The average molecular weight is 558 g/mol. The van der Waals surface area contributed by atoms with Crippen LogP contribution >= 0.6 is 24.0 Å². The highest BCUT2D eigenvalue weighted by Crippen LogP contribution is 2.28. The van der Waals surface area contributed by atoms with Crippen molar-refractivity contribution in [1.29, 1.82) is 0 Å². The summed E-state index contributed by atoms with van der Waals surface area (Å²) in [5.41, 5.74) is 2.28. The fraction of sp³-hybridized carbons (Fsp3) is 0.667. The molecule has 2 N–H and O–H groups in total. The second kappa shape index (κ2) is 13.9. The van der Waals surface area contributed by atoms with Crippen molar-refractivity contribution in [1.82, 2.24) is 20.4 Å². The van der Waals surface area contributed by atoms with Crippen LogP contribution in [0.5, 0.6) is 5.75 Å². The van der Waals surface area contributed by atoms with Gasteiger partial charge in [-0.15, -0.1) is 24.0 Å². The molecule has 0 spiro atoms. The SMILES string of the molecule is CCNC(=NCc1ccc(C)cc1OCC)NCCN1CCN(C(=O)C2CCC2)CC1.I. The smallest absolute Gasteiger partial charge is 0.225 e. The third-order valence-corrected chi connectivity index (χ3v) is 6.13. The molecule has 0 radical (unpaired) electrons. The number of hydrogen-bond acceptors (Lipinski definition) is 4. The Balaban J connectivity index is 0.00000363. The van der Waals surface area contributed by atoms with Crippen LogP contribution in [0.25, 0.3) is 0 Å². The molecule has 180 valence electrons. The number of amides is 1. The van der Waals surface area contributed by atoms with Crippen molar-refractivity contribution in [2.75, 3.05) is 52.4 Å². The van der Waals surface area contributed by atoms with Gasteiger partial charge in [0.15, 0.2) is 5.96 Å². The first kappa shape index (κ1) is 26.7. The number of aliphatic imine (C=N–C) groups is 1. The summed E-state index contributed by atoms with van der Waals surface area (Å²) >= 11 is 0. The van der Waals surface area contributed by atoms with Crippen LogP contribution in [0.4, 0.5) is 0 Å². The molecule has 1 aliphatic heterocycles. The molecular formula is C24H40IN5O2. The third kappa shape index (κ3) is 7.79. The van der Waals surface area contributed by atoms with Gasteiger partial charge in [0.2, 0.25) is 5.91 Å². The van der Waals surface area contributed by atoms with E-state index >= 15 is 0 Å². The Morgan fingerprint density at radius 1 is 1.16 bits per heavy atom. The van der Waals surface area contributed by atoms with Gasteiger partial charge >= 0.3 is 0 Å². The standard InChI is InChI=1S/C24H39N5O2.HI/c1-4-25-24(27-18-21-10-9-19(3)17-22(21)31-5-2)26-11-12-28-13-15-29(16-14-28)23(30)20-7-6-8-20;/h9-10,17,20H,4-8,11-16,18H2,1-3H3,(H2,25,26,27);1H. The van der Waals surface area contributed by atoms with Crippen LogP contribution in [0.2, 0.25) is 0 Å². The number of halogens is 1. The molecule has 0 atom stereocenters. The maximum Gasteiger partial charge on any atom is 0.225 e. The van der Waals surface area contributed by atoms with Crippen molar-refractivity contribution in [2.24, 2.45) is 10.9 Å². The monoisotopic (exact) mass is 557 g/mol. The fourth-order valence-electron chi connectivity index (χ4n) is 4.03. The number of piperazine rings is 1. The van der Waals surface area contributed by atoms with Gasteiger partial charge in [0.25, 0.3) is 0 Å². The number of hydrogen-bond donors (Lipinski definition) is 2. The van der Waals surface area contributed by atoms with Crippen LogP contribution in [0, 0.1) is 12.8 Å². The quantitative estimate of drug-likeness (QED) is 0.278. The van der Waals surface area contributed by atoms with E-state index in [9.17, 15) is 4.79 Å². The Bertz CT molecular complexity index is 746. The Morgan fingerprint density at radius 2 is 1.91 bits per heavy atom. The van der Waals surface area contributed by atoms with Crippen LogP contribution < -0.4 is 15.4 Å². The molecule has 1 saturated carbocycles. The number of nitrogens with zero attached hydrogens (tertiary/aromatic N) is 3. The minimum atomic E-state index is 0. The van der Waals surface area contributed by atoms with Crippen LogP contribution in [-0.2, 0) is 11.3 Å². The van der Waals surface area contributed by atoms with Crippen LogP contribution in [0.3, 0.4) is 0 Å². The molecule has 0 unspecified atom stereocenters. The van der Waals surface area contributed by atoms with Crippen molar-refractivity contribution >= 4 is 35.8 Å². The Kier molecular flexibility index (Phi) is 11.6. The van der Waals surface area contributed by atoms with Gasteiger partial charge in [-0.25, -0.2) is 4.99 Å². The largest absolute Gasteiger partial charge is 0.494 e. The van der Waals surface area contributed by atoms with Gasteiger partial charge in [-0.05, 0) is 45.2 Å². The van der Waals surface area contributed by atoms with E-state index < -0.39 is 0 Å². The highest BCUT2D eigenvalue weighted by Gasteiger charge is 2.30. The first-order valence-electron chi connectivity index (χ1n) is 11.9. The number of ether oxygens (including phenoxy) is 1. The van der Waals surface area contributed by atoms with Gasteiger partial charge < -0.3 is 20.3 Å². The predicted octanol–water partition coefficient (Wildman–Crippen LogP) is 3.01. The second-order valence-electron chi connectivity index (χ2n) is 8.46. The van der Waals surface area contributed by atoms with Gasteiger partial charge in [0.1, 0.15) is 5.75 Å². The molecule has 2 fully saturated rings. The number of rotatable bonds is 9. The number of aryl methyl sites for hydroxylation is 1. The molecule has 3 rings (SSSR count). The molecule has 2 aliphatic rings. The minimum Gasteiger partial charge on any atom is -0.494 e. The molecule has 7 nitrogen and oxygen atoms in total. The topological polar surface area (TPSA) is 69.2 Å². The maximum absolute atomic E-state index is 12.4. The second-order valence-corrected chi connectivity index (χ2v) is 8.46. The summed E-state index contributed by atoms with van der Waals surface area (Å²) in [4.78, 5) is 21.6. The lowest BCUT2D eigenvalue weighted by atomic mass is 9.84. The maximum atomic E-state index is 12.4. The Morgan fingerprint density at radius 3 is 2.53 bits per heavy atom. The number of carbonyl (C=O) groups excluding carboxylic acids is 1. The first-order chi connectivity index (χ1) is 15.1. The molecule has 0 aromatic heterocycles. The molecule has 8 heteroatoms. The van der Waals surface area contributed by atoms with Gasteiger partial charge in [-0.1, -0.05) is 18.6 Å². The Hall–Kier alpha value is -1.55. The molecule has 0 bridgehead atoms. The zero-order valence-electron chi connectivity index (χ0n) is 19.9. The molecule has 1 saturated heterocycles. The minimum absolute atomic E-state index is 0. The van der Waals surface area contributed by atoms with E-state index in [0.717, 1.165) is 75.9 Å². The lowest BCUT2D eigenvalue weighted by molar-refractivity contribution is -0.139. The van der Waals surface area contributed by atoms with Crippen molar-refractivity contribution in [2.45, 2.75) is 46.6 Å². The van der Waals surface area contributed by atoms with Crippen LogP contribution in [-0.4, -0.2) is 74.1 Å². The molecule has 1 amide bonds. The molecule has 1 heterocycles. The van der Waals surface area contributed by atoms with E-state index in [-0.39, 0.29) is 24.0 Å². The summed E-state index contributed by atoms with van der Waals surface area (Å²) in [7, 11) is 0. The summed E-state index contributed by atoms with van der Waals surface area (Å²) in [6.07, 6.45) is 3.39. The highest BCUT2D eigenvalue weighted by atomic mass is 127. The lowest BCUT2D eigenvalue weighted by Crippen LogP contribution is -2.52. The summed E-state index contributed by atoms with van der Waals surface area (Å²) in [5.74, 6) is 2.43. The lowest BCUT2D eigenvalue weighted by Gasteiger charge is -2.38. The number of guanidine groups is 1. The average Bonchev–Trinajstić information content (AvgIpc) is 2.72. The number of nitrogens with one attached hydrogen (secondary N) is 2. The first-order valence-corrected chi connectivity index (χ1v) is 11.9. The summed E-state index contributed by atoms with van der Waals surface area (Å²) in [5, 5.41) is 6.77. The molecular weight excluding hydrogens is 517 g/mol. The summed E-state index contributed by atoms with van der Waals surface area (Å²) < 4.78 is 5.78. The fourth-order valence-corrected chi connectivity index (χ4v) is 4.03. The predicted molar refractivity (Wildman–Crippen MR) is 141 cm³/mol. The van der Waals surface area contributed by atoms with Gasteiger partial charge in [-0.3, -0.25) is 9.69 Å². The van der Waals surface area contributed by atoms with Crippen molar-refractivity contribution in [3.05, 3.63) is 29.3 Å². The van der Waals surface area contributed by atoms with E-state index in [4.69, 9.17) is 9.73 Å².